The SMILES string of the molecule is CN(C)CCN1CCN(S(=O)(=O)CCCCCl)CC1. The molecule has 0 aromatic rings. The predicted molar refractivity (Wildman–Crippen MR) is 80.3 cm³/mol. The summed E-state index contributed by atoms with van der Waals surface area (Å²) in [5.74, 6) is 0.769. The van der Waals surface area contributed by atoms with Crippen LogP contribution in [0.15, 0.2) is 0 Å². The fraction of sp³-hybridized carbons (Fsp3) is 1.00. The quantitative estimate of drug-likeness (QED) is 0.484. The Morgan fingerprint density at radius 3 is 2.26 bits per heavy atom. The van der Waals surface area contributed by atoms with Gasteiger partial charge in [0.15, 0.2) is 0 Å². The average Bonchev–Trinajstić information content (AvgIpc) is 2.37. The van der Waals surface area contributed by atoms with Gasteiger partial charge in [-0.2, -0.15) is 4.31 Å². The van der Waals surface area contributed by atoms with Gasteiger partial charge < -0.3 is 4.90 Å². The van der Waals surface area contributed by atoms with E-state index in [0.29, 0.717) is 25.4 Å². The lowest BCUT2D eigenvalue weighted by atomic mass is 10.3. The standard InChI is InChI=1S/C12H26ClN3O2S/c1-14(2)6-7-15-8-10-16(11-9-15)19(17,18)12-4-3-5-13/h3-12H2,1-2H3. The third-order valence-corrected chi connectivity index (χ3v) is 5.60. The van der Waals surface area contributed by atoms with Crippen molar-refractivity contribution in [2.45, 2.75) is 12.8 Å². The lowest BCUT2D eigenvalue weighted by Gasteiger charge is -2.34. The first-order valence-electron chi connectivity index (χ1n) is 6.86. The van der Waals surface area contributed by atoms with Crippen LogP contribution in [0.1, 0.15) is 12.8 Å². The summed E-state index contributed by atoms with van der Waals surface area (Å²) < 4.78 is 25.8. The Labute approximate surface area is 122 Å². The number of unbranched alkanes of at least 4 members (excludes halogenated alkanes) is 1. The first-order chi connectivity index (χ1) is 8.95. The molecule has 19 heavy (non-hydrogen) atoms. The molecule has 1 aliphatic heterocycles. The highest BCUT2D eigenvalue weighted by molar-refractivity contribution is 7.89. The van der Waals surface area contributed by atoms with Crippen molar-refractivity contribution < 1.29 is 8.42 Å². The third-order valence-electron chi connectivity index (χ3n) is 3.37. The number of likely N-dealkylation sites (N-methyl/N-ethyl adjacent to an activating group) is 1. The topological polar surface area (TPSA) is 43.9 Å². The fourth-order valence-corrected chi connectivity index (χ4v) is 3.82. The largest absolute Gasteiger partial charge is 0.308 e. The predicted octanol–water partition coefficient (Wildman–Crippen LogP) is 0.514. The molecule has 0 unspecified atom stereocenters. The third kappa shape index (κ3) is 6.40. The van der Waals surface area contributed by atoms with E-state index < -0.39 is 10.0 Å². The zero-order valence-electron chi connectivity index (χ0n) is 12.0. The molecule has 7 heteroatoms. The number of sulfonamides is 1. The minimum atomic E-state index is -3.07. The van der Waals surface area contributed by atoms with E-state index in [1.165, 1.54) is 0 Å². The van der Waals surface area contributed by atoms with Gasteiger partial charge in [0.2, 0.25) is 10.0 Å². The zero-order chi connectivity index (χ0) is 14.3. The van der Waals surface area contributed by atoms with Gasteiger partial charge in [-0.1, -0.05) is 0 Å². The molecule has 0 saturated carbocycles. The van der Waals surface area contributed by atoms with Crippen molar-refractivity contribution in [3.05, 3.63) is 0 Å². The summed E-state index contributed by atoms with van der Waals surface area (Å²) in [4.78, 5) is 4.47. The molecule has 1 saturated heterocycles. The lowest BCUT2D eigenvalue weighted by Crippen LogP contribution is -2.50. The summed E-state index contributed by atoms with van der Waals surface area (Å²) in [5.41, 5.74) is 0. The molecule has 5 nitrogen and oxygen atoms in total. The van der Waals surface area contributed by atoms with E-state index >= 15 is 0 Å². The maximum atomic E-state index is 12.1. The average molecular weight is 312 g/mol. The maximum absolute atomic E-state index is 12.1. The highest BCUT2D eigenvalue weighted by atomic mass is 35.5. The van der Waals surface area contributed by atoms with Crippen LogP contribution in [0.5, 0.6) is 0 Å². The Balaban J connectivity index is 2.32. The molecule has 0 radical (unpaired) electrons. The Kier molecular flexibility index (Phi) is 7.61. The van der Waals surface area contributed by atoms with E-state index in [9.17, 15) is 8.42 Å². The van der Waals surface area contributed by atoms with Crippen molar-refractivity contribution >= 4 is 21.6 Å². The van der Waals surface area contributed by atoms with Crippen LogP contribution < -0.4 is 0 Å². The van der Waals surface area contributed by atoms with Gasteiger partial charge in [-0.3, -0.25) is 4.90 Å². The number of nitrogens with zero attached hydrogens (tertiary/aromatic N) is 3. The van der Waals surface area contributed by atoms with Crippen LogP contribution in [-0.2, 0) is 10.0 Å². The van der Waals surface area contributed by atoms with Crippen LogP contribution in [0.3, 0.4) is 0 Å². The van der Waals surface area contributed by atoms with Crippen molar-refractivity contribution in [2.24, 2.45) is 0 Å². The molecule has 0 amide bonds. The molecule has 0 bridgehead atoms. The van der Waals surface area contributed by atoms with Crippen molar-refractivity contribution in [1.29, 1.82) is 0 Å². The first-order valence-corrected chi connectivity index (χ1v) is 9.01. The van der Waals surface area contributed by atoms with Crippen LogP contribution in [0.2, 0.25) is 0 Å². The molecular formula is C12H26ClN3O2S. The van der Waals surface area contributed by atoms with Crippen molar-refractivity contribution in [2.75, 3.05) is 65.0 Å². The number of alkyl halides is 1. The Morgan fingerprint density at radius 1 is 1.11 bits per heavy atom. The molecule has 0 N–H and O–H groups in total. The molecule has 1 heterocycles. The number of hydrogen-bond acceptors (Lipinski definition) is 4. The lowest BCUT2D eigenvalue weighted by molar-refractivity contribution is 0.174. The van der Waals surface area contributed by atoms with E-state index in [1.54, 1.807) is 4.31 Å². The highest BCUT2D eigenvalue weighted by Crippen LogP contribution is 2.10. The van der Waals surface area contributed by atoms with Crippen LogP contribution in [0.25, 0.3) is 0 Å². The second kappa shape index (κ2) is 8.42. The smallest absolute Gasteiger partial charge is 0.214 e. The molecule has 1 rings (SSSR count). The summed E-state index contributed by atoms with van der Waals surface area (Å²) in [5, 5.41) is 0. The van der Waals surface area contributed by atoms with Crippen LogP contribution in [0, 0.1) is 0 Å². The van der Waals surface area contributed by atoms with E-state index in [4.69, 9.17) is 11.6 Å². The molecule has 0 aromatic heterocycles. The first kappa shape index (κ1) is 17.2. The Bertz CT molecular complexity index is 341. The minimum Gasteiger partial charge on any atom is -0.308 e. The molecular weight excluding hydrogens is 286 g/mol. The molecule has 0 aliphatic carbocycles. The maximum Gasteiger partial charge on any atom is 0.214 e. The zero-order valence-corrected chi connectivity index (χ0v) is 13.6. The minimum absolute atomic E-state index is 0.234. The van der Waals surface area contributed by atoms with E-state index in [0.717, 1.165) is 32.6 Å². The monoisotopic (exact) mass is 311 g/mol. The van der Waals surface area contributed by atoms with Gasteiger partial charge >= 0.3 is 0 Å². The Morgan fingerprint density at radius 2 is 1.74 bits per heavy atom. The summed E-state index contributed by atoms with van der Waals surface area (Å²) in [6, 6.07) is 0. The van der Waals surface area contributed by atoms with Crippen molar-refractivity contribution in [1.82, 2.24) is 14.1 Å². The summed E-state index contributed by atoms with van der Waals surface area (Å²) >= 11 is 5.58. The molecule has 1 fully saturated rings. The van der Waals surface area contributed by atoms with E-state index in [2.05, 4.69) is 23.9 Å². The van der Waals surface area contributed by atoms with Gasteiger partial charge in [0.25, 0.3) is 0 Å². The summed E-state index contributed by atoms with van der Waals surface area (Å²) in [7, 11) is 1.03. The van der Waals surface area contributed by atoms with Crippen molar-refractivity contribution in [3.8, 4) is 0 Å². The normalized spacial score (nSPS) is 19.2. The molecule has 0 spiro atoms. The second-order valence-corrected chi connectivity index (χ2v) is 7.72. The van der Waals surface area contributed by atoms with E-state index in [-0.39, 0.29) is 5.75 Å². The summed E-state index contributed by atoms with van der Waals surface area (Å²) in [6.45, 7) is 4.94. The second-order valence-electron chi connectivity index (χ2n) is 5.26. The van der Waals surface area contributed by atoms with Crippen LogP contribution in [-0.4, -0.2) is 87.5 Å². The van der Waals surface area contributed by atoms with Gasteiger partial charge in [0.05, 0.1) is 5.75 Å². The molecule has 1 aliphatic rings. The fourth-order valence-electron chi connectivity index (χ4n) is 2.08. The highest BCUT2D eigenvalue weighted by Gasteiger charge is 2.26. The van der Waals surface area contributed by atoms with Crippen LogP contribution in [0.4, 0.5) is 0 Å². The molecule has 0 atom stereocenters. The van der Waals surface area contributed by atoms with Gasteiger partial charge in [-0.25, -0.2) is 8.42 Å². The molecule has 114 valence electrons. The Hall–Kier alpha value is 0.120. The summed E-state index contributed by atoms with van der Waals surface area (Å²) in [6.07, 6.45) is 1.43. The van der Waals surface area contributed by atoms with Crippen molar-refractivity contribution in [3.63, 3.8) is 0 Å². The van der Waals surface area contributed by atoms with Gasteiger partial charge in [-0.05, 0) is 26.9 Å². The number of piperazine rings is 1. The number of rotatable bonds is 8. The number of hydrogen-bond donors (Lipinski definition) is 0. The van der Waals surface area contributed by atoms with Gasteiger partial charge in [0.1, 0.15) is 0 Å². The van der Waals surface area contributed by atoms with Gasteiger partial charge in [-0.15, -0.1) is 11.6 Å². The number of halogens is 1. The molecule has 0 aromatic carbocycles. The van der Waals surface area contributed by atoms with Gasteiger partial charge in [0, 0.05) is 45.1 Å². The van der Waals surface area contributed by atoms with E-state index in [1.807, 2.05) is 0 Å². The van der Waals surface area contributed by atoms with Crippen LogP contribution >= 0.6 is 11.6 Å².